The van der Waals surface area contributed by atoms with Crippen LogP contribution in [-0.4, -0.2) is 35.7 Å². The lowest BCUT2D eigenvalue weighted by Crippen LogP contribution is -2.23. The summed E-state index contributed by atoms with van der Waals surface area (Å²) in [6, 6.07) is 15.2. The number of nitrogens with zero attached hydrogens (tertiary/aromatic N) is 1. The summed E-state index contributed by atoms with van der Waals surface area (Å²) in [4.78, 5) is 23.3. The van der Waals surface area contributed by atoms with E-state index in [1.54, 1.807) is 6.07 Å². The maximum Gasteiger partial charge on any atom is 0.255 e. The molecule has 2 heterocycles. The topological polar surface area (TPSA) is 119 Å². The molecule has 8 heteroatoms. The zero-order chi connectivity index (χ0) is 20.4. The van der Waals surface area contributed by atoms with Crippen molar-refractivity contribution in [3.05, 3.63) is 59.7 Å². The number of amides is 2. The number of methoxy groups -OCH3 is 1. The first-order valence-corrected chi connectivity index (χ1v) is 9.09. The lowest BCUT2D eigenvalue weighted by molar-refractivity contribution is -0.120. The van der Waals surface area contributed by atoms with Crippen LogP contribution in [0.15, 0.2) is 48.5 Å². The number of nitrogens with one attached hydrogen (secondary N) is 2. The van der Waals surface area contributed by atoms with Gasteiger partial charge in [-0.05, 0) is 23.3 Å². The quantitative estimate of drug-likeness (QED) is 0.595. The van der Waals surface area contributed by atoms with Crippen LogP contribution >= 0.6 is 0 Å². The van der Waals surface area contributed by atoms with E-state index in [1.165, 1.54) is 7.11 Å². The second-order valence-corrected chi connectivity index (χ2v) is 6.70. The van der Waals surface area contributed by atoms with Gasteiger partial charge in [0.2, 0.25) is 5.91 Å². The number of hydrogen-bond acceptors (Lipinski definition) is 5. The first kappa shape index (κ1) is 18.5. The highest BCUT2D eigenvalue weighted by Crippen LogP contribution is 2.43. The summed E-state index contributed by atoms with van der Waals surface area (Å²) >= 11 is 0. The fourth-order valence-corrected chi connectivity index (χ4v) is 3.53. The number of nitrogens with two attached hydrogens (primary N) is 1. The molecule has 8 nitrogen and oxygen atoms in total. The van der Waals surface area contributed by atoms with Crippen molar-refractivity contribution >= 4 is 17.6 Å². The molecule has 1 atom stereocenters. The first-order valence-electron chi connectivity index (χ1n) is 9.09. The van der Waals surface area contributed by atoms with E-state index in [2.05, 4.69) is 15.5 Å². The number of carbonyl (C=O) groups is 2. The Morgan fingerprint density at radius 2 is 2.00 bits per heavy atom. The molecule has 2 amide bonds. The van der Waals surface area contributed by atoms with Gasteiger partial charge in [0, 0.05) is 17.9 Å². The van der Waals surface area contributed by atoms with Crippen molar-refractivity contribution in [1.29, 1.82) is 0 Å². The Morgan fingerprint density at radius 3 is 2.72 bits per heavy atom. The number of anilines is 1. The van der Waals surface area contributed by atoms with Crippen molar-refractivity contribution in [2.24, 2.45) is 5.73 Å². The zero-order valence-corrected chi connectivity index (χ0v) is 15.8. The van der Waals surface area contributed by atoms with Crippen LogP contribution in [0.25, 0.3) is 11.3 Å². The number of primary amides is 1. The van der Waals surface area contributed by atoms with Gasteiger partial charge in [-0.3, -0.25) is 14.7 Å². The molecule has 0 spiro atoms. The molecule has 0 aliphatic carbocycles. The van der Waals surface area contributed by atoms with Gasteiger partial charge in [-0.2, -0.15) is 5.10 Å². The molecule has 0 radical (unpaired) electrons. The van der Waals surface area contributed by atoms with Crippen LogP contribution in [0, 0.1) is 0 Å². The lowest BCUT2D eigenvalue weighted by atomic mass is 9.84. The highest BCUT2D eigenvalue weighted by atomic mass is 16.5. The summed E-state index contributed by atoms with van der Waals surface area (Å²) < 4.78 is 10.8. The Kier molecular flexibility index (Phi) is 4.90. The van der Waals surface area contributed by atoms with E-state index in [0.717, 1.165) is 22.4 Å². The minimum Gasteiger partial charge on any atom is -0.493 e. The molecule has 4 N–H and O–H groups in total. The summed E-state index contributed by atoms with van der Waals surface area (Å²) in [6.45, 7) is -0.244. The zero-order valence-electron chi connectivity index (χ0n) is 15.8. The van der Waals surface area contributed by atoms with Crippen LogP contribution in [0.3, 0.4) is 0 Å². The van der Waals surface area contributed by atoms with E-state index >= 15 is 0 Å². The van der Waals surface area contributed by atoms with Gasteiger partial charge >= 0.3 is 0 Å². The molecule has 0 unspecified atom stereocenters. The van der Waals surface area contributed by atoms with Gasteiger partial charge in [0.1, 0.15) is 0 Å². The largest absolute Gasteiger partial charge is 0.493 e. The summed E-state index contributed by atoms with van der Waals surface area (Å²) in [5.74, 6) is 0.495. The van der Waals surface area contributed by atoms with E-state index in [1.807, 2.05) is 42.5 Å². The van der Waals surface area contributed by atoms with Crippen molar-refractivity contribution in [3.63, 3.8) is 0 Å². The molecule has 2 aromatic carbocycles. The van der Waals surface area contributed by atoms with Gasteiger partial charge in [-0.25, -0.2) is 0 Å². The van der Waals surface area contributed by atoms with E-state index in [4.69, 9.17) is 15.2 Å². The summed E-state index contributed by atoms with van der Waals surface area (Å²) in [6.07, 6.45) is 0.275. The number of carbonyl (C=O) groups excluding carboxylic acids is 2. The number of benzene rings is 2. The van der Waals surface area contributed by atoms with Gasteiger partial charge in [-0.15, -0.1) is 0 Å². The molecule has 0 saturated heterocycles. The van der Waals surface area contributed by atoms with Crippen LogP contribution in [-0.2, 0) is 9.59 Å². The average molecular weight is 392 g/mol. The van der Waals surface area contributed by atoms with E-state index in [9.17, 15) is 9.59 Å². The molecule has 1 aliphatic heterocycles. The van der Waals surface area contributed by atoms with Gasteiger partial charge in [0.25, 0.3) is 5.91 Å². The van der Waals surface area contributed by atoms with E-state index in [-0.39, 0.29) is 24.9 Å². The minimum absolute atomic E-state index is 0.110. The van der Waals surface area contributed by atoms with Gasteiger partial charge in [0.05, 0.1) is 12.8 Å². The smallest absolute Gasteiger partial charge is 0.255 e. The van der Waals surface area contributed by atoms with Crippen LogP contribution in [0.4, 0.5) is 5.82 Å². The Bertz CT molecular complexity index is 1060. The number of rotatable bonds is 6. The van der Waals surface area contributed by atoms with Gasteiger partial charge < -0.3 is 20.5 Å². The maximum atomic E-state index is 12.3. The lowest BCUT2D eigenvalue weighted by Gasteiger charge is -2.24. The van der Waals surface area contributed by atoms with Crippen molar-refractivity contribution in [3.8, 4) is 22.8 Å². The normalized spacial score (nSPS) is 15.3. The molecule has 29 heavy (non-hydrogen) atoms. The van der Waals surface area contributed by atoms with E-state index < -0.39 is 5.91 Å². The molecular weight excluding hydrogens is 372 g/mol. The Morgan fingerprint density at radius 1 is 1.21 bits per heavy atom. The molecule has 148 valence electrons. The molecule has 0 saturated carbocycles. The fourth-order valence-electron chi connectivity index (χ4n) is 3.53. The number of aromatic nitrogens is 2. The molecule has 4 rings (SSSR count). The third-order valence-electron chi connectivity index (χ3n) is 4.82. The number of fused-ring (bicyclic) bond motifs is 1. The third kappa shape index (κ3) is 3.64. The number of aromatic amines is 1. The van der Waals surface area contributed by atoms with E-state index in [0.29, 0.717) is 17.3 Å². The average Bonchev–Trinajstić information content (AvgIpc) is 3.15. The standard InChI is InChI=1S/C21H20N4O4/c1-28-16-9-13(7-8-15(16)29-11-17(22)26)14-10-18(27)23-21-19(14)20(24-25-21)12-5-3-2-4-6-12/h2-9,14H,10-11H2,1H3,(H2,22,26)(H2,23,24,25,27)/t14-/m0/s1. The van der Waals surface area contributed by atoms with Gasteiger partial charge in [-0.1, -0.05) is 36.4 Å². The maximum absolute atomic E-state index is 12.3. The summed E-state index contributed by atoms with van der Waals surface area (Å²) in [7, 11) is 1.52. The second kappa shape index (κ2) is 7.67. The van der Waals surface area contributed by atoms with Crippen molar-refractivity contribution in [2.45, 2.75) is 12.3 Å². The van der Waals surface area contributed by atoms with Crippen molar-refractivity contribution < 1.29 is 19.1 Å². The SMILES string of the molecule is COc1cc([C@@H]2CC(=O)Nc3n[nH]c(-c4ccccc4)c32)ccc1OCC(N)=O. The molecule has 0 bridgehead atoms. The second-order valence-electron chi connectivity index (χ2n) is 6.70. The monoisotopic (exact) mass is 392 g/mol. The summed E-state index contributed by atoms with van der Waals surface area (Å²) in [5, 5.41) is 10.2. The fraction of sp³-hybridized carbons (Fsp3) is 0.190. The highest BCUT2D eigenvalue weighted by Gasteiger charge is 2.32. The van der Waals surface area contributed by atoms with Crippen LogP contribution in [0.2, 0.25) is 0 Å². The van der Waals surface area contributed by atoms with Crippen LogP contribution < -0.4 is 20.5 Å². The Balaban J connectivity index is 1.76. The molecule has 3 aromatic rings. The molecular formula is C21H20N4O4. The van der Waals surface area contributed by atoms with Crippen LogP contribution in [0.5, 0.6) is 11.5 Å². The predicted octanol–water partition coefficient (Wildman–Crippen LogP) is 2.42. The predicted molar refractivity (Wildman–Crippen MR) is 107 cm³/mol. The Labute approximate surface area is 167 Å². The molecule has 0 fully saturated rings. The number of ether oxygens (including phenoxy) is 2. The molecule has 1 aromatic heterocycles. The summed E-state index contributed by atoms with van der Waals surface area (Å²) in [5.41, 5.74) is 8.79. The van der Waals surface area contributed by atoms with Crippen LogP contribution in [0.1, 0.15) is 23.5 Å². The van der Waals surface area contributed by atoms with Crippen molar-refractivity contribution in [1.82, 2.24) is 10.2 Å². The highest BCUT2D eigenvalue weighted by molar-refractivity contribution is 5.96. The minimum atomic E-state index is -0.573. The molecule has 1 aliphatic rings. The van der Waals surface area contributed by atoms with Gasteiger partial charge in [0.15, 0.2) is 23.9 Å². The third-order valence-corrected chi connectivity index (χ3v) is 4.82. The van der Waals surface area contributed by atoms with Crippen molar-refractivity contribution in [2.75, 3.05) is 19.0 Å². The first-order chi connectivity index (χ1) is 14.1. The Hall–Kier alpha value is -3.81. The number of H-pyrrole nitrogens is 1. The number of hydrogen-bond donors (Lipinski definition) is 3.